The summed E-state index contributed by atoms with van der Waals surface area (Å²) in [5.41, 5.74) is 4.72. The summed E-state index contributed by atoms with van der Waals surface area (Å²) in [6.45, 7) is 10.3. The smallest absolute Gasteiger partial charge is 0.186 e. The van der Waals surface area contributed by atoms with Crippen LogP contribution >= 0.6 is 0 Å². The lowest BCUT2D eigenvalue weighted by Crippen LogP contribution is -2.59. The number of fused-ring (bicyclic) bond motifs is 6. The van der Waals surface area contributed by atoms with Gasteiger partial charge in [0.15, 0.2) is 6.29 Å². The Hall–Kier alpha value is -0.840. The predicted molar refractivity (Wildman–Crippen MR) is 153 cm³/mol. The summed E-state index contributed by atoms with van der Waals surface area (Å²) in [5.74, 6) is 3.13. The molecule has 0 aromatic carbocycles. The first-order valence-corrected chi connectivity index (χ1v) is 16.3. The van der Waals surface area contributed by atoms with E-state index >= 15 is 0 Å². The molecule has 0 radical (unpaired) electrons. The summed E-state index contributed by atoms with van der Waals surface area (Å²) < 4.78 is 19.0. The zero-order chi connectivity index (χ0) is 28.8. The zero-order valence-corrected chi connectivity index (χ0v) is 25.2. The van der Waals surface area contributed by atoms with Gasteiger partial charge in [-0.25, -0.2) is 0 Å². The van der Waals surface area contributed by atoms with Crippen molar-refractivity contribution in [2.45, 2.75) is 134 Å². The molecule has 0 aromatic rings. The van der Waals surface area contributed by atoms with E-state index in [0.29, 0.717) is 41.7 Å². The summed E-state index contributed by atoms with van der Waals surface area (Å²) in [7, 11) is 0. The third kappa shape index (κ3) is 4.30. The Morgan fingerprint density at radius 1 is 1.07 bits per heavy atom. The van der Waals surface area contributed by atoms with Crippen LogP contribution in [0.5, 0.6) is 0 Å². The van der Waals surface area contributed by atoms with E-state index in [1.54, 1.807) is 11.1 Å². The van der Waals surface area contributed by atoms with Gasteiger partial charge in [-0.1, -0.05) is 38.0 Å². The minimum absolute atomic E-state index is 0.111. The van der Waals surface area contributed by atoms with Crippen molar-refractivity contribution in [1.82, 2.24) is 5.32 Å². The SMILES string of the molecule is CC1=C2CC3C(CC=C4C[C@@H](O[C@@H]5O[C@H](CO)[C@@H](O)[C@H](O)[C@H]5O)CCC43C)C2CCC12OC1CC(C)CNC1C2C. The number of rotatable bonds is 3. The average molecular weight is 574 g/mol. The number of hydrogen-bond donors (Lipinski definition) is 5. The highest BCUT2D eigenvalue weighted by molar-refractivity contribution is 5.38. The van der Waals surface area contributed by atoms with Crippen LogP contribution in [-0.2, 0) is 14.2 Å². The number of allylic oxidation sites excluding steroid dienone is 2. The lowest BCUT2D eigenvalue weighted by molar-refractivity contribution is -0.313. The van der Waals surface area contributed by atoms with Gasteiger partial charge < -0.3 is 40.0 Å². The largest absolute Gasteiger partial charge is 0.394 e. The van der Waals surface area contributed by atoms with Gasteiger partial charge in [0.25, 0.3) is 0 Å². The van der Waals surface area contributed by atoms with Crippen LogP contribution in [0.2, 0.25) is 0 Å². The molecule has 0 bridgehead atoms. The molecule has 0 amide bonds. The molecule has 5 N–H and O–H groups in total. The minimum atomic E-state index is -1.41. The third-order valence-electron chi connectivity index (χ3n) is 13.0. The van der Waals surface area contributed by atoms with Crippen molar-refractivity contribution in [3.8, 4) is 0 Å². The highest BCUT2D eigenvalue weighted by atomic mass is 16.7. The van der Waals surface area contributed by atoms with E-state index in [2.05, 4.69) is 39.1 Å². The number of aliphatic hydroxyl groups excluding tert-OH is 4. The van der Waals surface area contributed by atoms with Gasteiger partial charge in [-0.05, 0) is 99.5 Å². The molecule has 7 rings (SSSR count). The van der Waals surface area contributed by atoms with E-state index in [9.17, 15) is 20.4 Å². The molecule has 41 heavy (non-hydrogen) atoms. The van der Waals surface area contributed by atoms with Crippen molar-refractivity contribution in [3.05, 3.63) is 22.8 Å². The van der Waals surface area contributed by atoms with Gasteiger partial charge in [-0.2, -0.15) is 0 Å². The molecular weight excluding hydrogens is 522 g/mol. The van der Waals surface area contributed by atoms with Gasteiger partial charge in [0.2, 0.25) is 0 Å². The Labute approximate surface area is 244 Å². The van der Waals surface area contributed by atoms with Gasteiger partial charge in [0.05, 0.1) is 24.4 Å². The second-order valence-corrected chi connectivity index (χ2v) is 15.0. The summed E-state index contributed by atoms with van der Waals surface area (Å²) in [4.78, 5) is 0. The number of ether oxygens (including phenoxy) is 3. The lowest BCUT2D eigenvalue weighted by atomic mass is 9.56. The Balaban J connectivity index is 1.08. The first-order valence-electron chi connectivity index (χ1n) is 16.3. The van der Waals surface area contributed by atoms with Crippen molar-refractivity contribution < 1.29 is 34.6 Å². The standard InChI is InChI=1S/C33H51NO7/c1-16-11-25-27(34-14-16)18(3)33(41-25)10-8-21-22-6-5-19-12-20(7-9-32(19,4)24(22)13-23(21)17(33)2)39-31-30(38)29(37)28(36)26(15-35)40-31/h5,16,18,20-22,24-31,34-38H,6-15H2,1-4H3/t16?,18?,20-,21?,22?,24?,25?,26+,27?,28+,29-,30+,31+,32?,33?/m0/s1. The van der Waals surface area contributed by atoms with E-state index in [1.165, 1.54) is 24.8 Å². The van der Waals surface area contributed by atoms with Crippen LogP contribution in [0.15, 0.2) is 22.8 Å². The maximum Gasteiger partial charge on any atom is 0.186 e. The minimum Gasteiger partial charge on any atom is -0.394 e. The fraction of sp³-hybridized carbons (Fsp3) is 0.879. The Bertz CT molecular complexity index is 1090. The van der Waals surface area contributed by atoms with Gasteiger partial charge in [-0.15, -0.1) is 0 Å². The van der Waals surface area contributed by atoms with E-state index in [4.69, 9.17) is 14.2 Å². The van der Waals surface area contributed by atoms with Crippen LogP contribution in [0.4, 0.5) is 0 Å². The Kier molecular flexibility index (Phi) is 7.31. The van der Waals surface area contributed by atoms with E-state index in [1.807, 2.05) is 0 Å². The van der Waals surface area contributed by atoms with Crippen molar-refractivity contribution in [3.63, 3.8) is 0 Å². The third-order valence-corrected chi connectivity index (χ3v) is 13.0. The van der Waals surface area contributed by atoms with Crippen LogP contribution in [0.25, 0.3) is 0 Å². The van der Waals surface area contributed by atoms with Crippen molar-refractivity contribution in [2.75, 3.05) is 13.2 Å². The first-order chi connectivity index (χ1) is 19.6. The molecule has 4 aliphatic carbocycles. The molecule has 1 spiro atoms. The first kappa shape index (κ1) is 28.9. The maximum atomic E-state index is 10.5. The van der Waals surface area contributed by atoms with Gasteiger partial charge in [0.1, 0.15) is 24.4 Å². The van der Waals surface area contributed by atoms with Gasteiger partial charge in [0, 0.05) is 12.0 Å². The Morgan fingerprint density at radius 2 is 1.88 bits per heavy atom. The van der Waals surface area contributed by atoms with Crippen LogP contribution in [0, 0.1) is 35.0 Å². The zero-order valence-electron chi connectivity index (χ0n) is 25.2. The fourth-order valence-electron chi connectivity index (χ4n) is 10.6. The van der Waals surface area contributed by atoms with Crippen LogP contribution in [-0.4, -0.2) is 88.1 Å². The quantitative estimate of drug-likeness (QED) is 0.327. The molecule has 8 heteroatoms. The summed E-state index contributed by atoms with van der Waals surface area (Å²) in [5, 5.41) is 44.3. The Morgan fingerprint density at radius 3 is 2.66 bits per heavy atom. The summed E-state index contributed by atoms with van der Waals surface area (Å²) in [6.07, 6.45) is 5.01. The van der Waals surface area contributed by atoms with E-state index in [0.717, 1.165) is 38.6 Å². The molecule has 5 fully saturated rings. The molecule has 9 unspecified atom stereocenters. The van der Waals surface area contributed by atoms with Crippen molar-refractivity contribution in [1.29, 1.82) is 0 Å². The van der Waals surface area contributed by atoms with Crippen molar-refractivity contribution in [2.24, 2.45) is 35.0 Å². The number of aliphatic hydroxyl groups is 4. The molecule has 8 nitrogen and oxygen atoms in total. The highest BCUT2D eigenvalue weighted by Crippen LogP contribution is 2.65. The monoisotopic (exact) mass is 573 g/mol. The molecule has 3 saturated heterocycles. The van der Waals surface area contributed by atoms with Crippen molar-refractivity contribution >= 4 is 0 Å². The fourth-order valence-corrected chi connectivity index (χ4v) is 10.6. The molecule has 230 valence electrons. The second-order valence-electron chi connectivity index (χ2n) is 15.0. The maximum absolute atomic E-state index is 10.5. The molecule has 0 aromatic heterocycles. The summed E-state index contributed by atoms with van der Waals surface area (Å²) in [6, 6.07) is 0.465. The molecule has 3 aliphatic heterocycles. The summed E-state index contributed by atoms with van der Waals surface area (Å²) >= 11 is 0. The van der Waals surface area contributed by atoms with E-state index in [-0.39, 0.29) is 17.1 Å². The predicted octanol–water partition coefficient (Wildman–Crippen LogP) is 2.83. The average Bonchev–Trinajstić information content (AvgIpc) is 3.48. The van der Waals surface area contributed by atoms with Crippen LogP contribution in [0.1, 0.15) is 79.1 Å². The molecular formula is C33H51NO7. The molecule has 2 saturated carbocycles. The number of piperidine rings is 1. The second kappa shape index (κ2) is 10.4. The lowest BCUT2D eigenvalue weighted by Gasteiger charge is -2.50. The number of nitrogens with one attached hydrogen (secondary N) is 1. The van der Waals surface area contributed by atoms with E-state index < -0.39 is 37.3 Å². The highest BCUT2D eigenvalue weighted by Gasteiger charge is 2.60. The molecule has 15 atom stereocenters. The van der Waals surface area contributed by atoms with Crippen LogP contribution < -0.4 is 5.32 Å². The number of hydrogen-bond acceptors (Lipinski definition) is 8. The van der Waals surface area contributed by atoms with Gasteiger partial charge in [-0.3, -0.25) is 0 Å². The van der Waals surface area contributed by atoms with Gasteiger partial charge >= 0.3 is 0 Å². The molecule has 7 aliphatic rings. The normalized spacial score (nSPS) is 54.8. The van der Waals surface area contributed by atoms with Crippen LogP contribution in [0.3, 0.4) is 0 Å². The topological polar surface area (TPSA) is 121 Å². The molecule has 3 heterocycles.